The first-order valence-electron chi connectivity index (χ1n) is 11.8. The Labute approximate surface area is 201 Å². The lowest BCUT2D eigenvalue weighted by Gasteiger charge is -2.27. The number of anilines is 1. The van der Waals surface area contributed by atoms with Crippen molar-refractivity contribution in [3.8, 4) is 5.75 Å². The van der Waals surface area contributed by atoms with Crippen LogP contribution in [0.3, 0.4) is 0 Å². The minimum Gasteiger partial charge on any atom is -0.490 e. The van der Waals surface area contributed by atoms with Gasteiger partial charge in [0.2, 0.25) is 0 Å². The van der Waals surface area contributed by atoms with Crippen LogP contribution in [0.4, 0.5) is 10.6 Å². The van der Waals surface area contributed by atoms with E-state index >= 15 is 0 Å². The number of nitrogens with zero attached hydrogens (tertiary/aromatic N) is 1. The number of pyridine rings is 1. The summed E-state index contributed by atoms with van der Waals surface area (Å²) in [6.07, 6.45) is 5.11. The average molecular weight is 470 g/mol. The molecule has 2 aromatic rings. The number of ether oxygens (including phenoxy) is 2. The zero-order valence-corrected chi connectivity index (χ0v) is 20.2. The van der Waals surface area contributed by atoms with Crippen LogP contribution in [0.1, 0.15) is 51.2 Å². The van der Waals surface area contributed by atoms with Gasteiger partial charge in [-0.15, -0.1) is 0 Å². The fourth-order valence-corrected chi connectivity index (χ4v) is 3.74. The summed E-state index contributed by atoms with van der Waals surface area (Å²) in [5.74, 6) is 0.629. The van der Waals surface area contributed by atoms with E-state index < -0.39 is 18.1 Å². The van der Waals surface area contributed by atoms with Crippen molar-refractivity contribution in [1.29, 1.82) is 0 Å². The van der Waals surface area contributed by atoms with E-state index in [0.29, 0.717) is 0 Å². The zero-order valence-electron chi connectivity index (χ0n) is 20.2. The van der Waals surface area contributed by atoms with Gasteiger partial charge in [0.15, 0.2) is 0 Å². The van der Waals surface area contributed by atoms with Crippen LogP contribution in [0.15, 0.2) is 42.6 Å². The number of carboxylic acids is 1. The van der Waals surface area contributed by atoms with E-state index in [1.54, 1.807) is 6.20 Å². The van der Waals surface area contributed by atoms with Gasteiger partial charge in [0.1, 0.15) is 17.6 Å². The van der Waals surface area contributed by atoms with Crippen molar-refractivity contribution in [2.24, 2.45) is 5.41 Å². The number of rotatable bonds is 10. The molecule has 1 aliphatic rings. The molecule has 1 aromatic carbocycles. The van der Waals surface area contributed by atoms with Gasteiger partial charge in [-0.3, -0.25) is 0 Å². The topological polar surface area (TPSA) is 110 Å². The molecular weight excluding hydrogens is 434 g/mol. The van der Waals surface area contributed by atoms with Crippen molar-refractivity contribution in [3.63, 3.8) is 0 Å². The lowest BCUT2D eigenvalue weighted by atomic mass is 9.96. The summed E-state index contributed by atoms with van der Waals surface area (Å²) in [5.41, 5.74) is 1.71. The monoisotopic (exact) mass is 469 g/mol. The summed E-state index contributed by atoms with van der Waals surface area (Å²) in [6.45, 7) is 6.86. The lowest BCUT2D eigenvalue weighted by molar-refractivity contribution is -0.139. The molecule has 184 valence electrons. The quantitative estimate of drug-likeness (QED) is 0.441. The third kappa shape index (κ3) is 8.24. The normalized spacial score (nSPS) is 16.0. The highest BCUT2D eigenvalue weighted by molar-refractivity contribution is 5.80. The van der Waals surface area contributed by atoms with Gasteiger partial charge in [-0.2, -0.15) is 0 Å². The van der Waals surface area contributed by atoms with E-state index in [1.807, 2.05) is 57.2 Å². The summed E-state index contributed by atoms with van der Waals surface area (Å²) < 4.78 is 11.3. The van der Waals surface area contributed by atoms with Crippen molar-refractivity contribution in [1.82, 2.24) is 10.3 Å². The van der Waals surface area contributed by atoms with E-state index in [4.69, 9.17) is 9.47 Å². The van der Waals surface area contributed by atoms with Gasteiger partial charge in [0.05, 0.1) is 12.7 Å². The number of alkyl carbamates (subject to hydrolysis) is 1. The number of aliphatic carboxylic acids is 1. The fraction of sp³-hybridized carbons (Fsp3) is 0.500. The van der Waals surface area contributed by atoms with Gasteiger partial charge in [-0.05, 0) is 60.4 Å². The highest BCUT2D eigenvalue weighted by Crippen LogP contribution is 2.30. The predicted molar refractivity (Wildman–Crippen MR) is 130 cm³/mol. The zero-order chi connectivity index (χ0) is 24.6. The number of fused-ring (bicyclic) bond motifs is 1. The Balaban J connectivity index is 1.48. The number of hydrogen-bond donors (Lipinski definition) is 3. The van der Waals surface area contributed by atoms with Gasteiger partial charge in [-0.1, -0.05) is 39.0 Å². The number of aromatic nitrogens is 1. The standard InChI is InChI=1S/C26H35N3O5/c1-26(2,3)17-33-25(32)29-21(24(30)31)16-18-9-12-22-19(15-18)10-11-20(34-22)7-6-14-28-23-8-4-5-13-27-23/h4-5,8-9,12-13,15,20-21H,6-7,10-11,14,16-17H2,1-3H3,(H,27,28)(H,29,32)(H,30,31). The van der Waals surface area contributed by atoms with Crippen molar-refractivity contribution in [2.75, 3.05) is 18.5 Å². The first-order valence-corrected chi connectivity index (χ1v) is 11.8. The summed E-state index contributed by atoms with van der Waals surface area (Å²) in [4.78, 5) is 28.0. The largest absolute Gasteiger partial charge is 0.490 e. The minimum atomic E-state index is -1.10. The van der Waals surface area contributed by atoms with Crippen LogP contribution in [-0.2, 0) is 22.4 Å². The number of carbonyl (C=O) groups excluding carboxylic acids is 1. The second-order valence-electron chi connectivity index (χ2n) is 9.88. The van der Waals surface area contributed by atoms with E-state index in [-0.39, 0.29) is 24.5 Å². The Bertz CT molecular complexity index is 959. The van der Waals surface area contributed by atoms with Crippen LogP contribution in [0.5, 0.6) is 5.75 Å². The summed E-state index contributed by atoms with van der Waals surface area (Å²) in [6, 6.07) is 10.5. The average Bonchev–Trinajstić information content (AvgIpc) is 2.80. The molecule has 2 atom stereocenters. The highest BCUT2D eigenvalue weighted by Gasteiger charge is 2.24. The molecule has 2 unspecified atom stereocenters. The number of hydrogen-bond acceptors (Lipinski definition) is 6. The number of benzene rings is 1. The second-order valence-corrected chi connectivity index (χ2v) is 9.88. The van der Waals surface area contributed by atoms with Crippen LogP contribution < -0.4 is 15.4 Å². The third-order valence-corrected chi connectivity index (χ3v) is 5.49. The molecule has 0 bridgehead atoms. The van der Waals surface area contributed by atoms with Crippen molar-refractivity contribution >= 4 is 17.9 Å². The number of nitrogens with one attached hydrogen (secondary N) is 2. The van der Waals surface area contributed by atoms with Crippen LogP contribution in [-0.4, -0.2) is 47.5 Å². The Morgan fingerprint density at radius 1 is 1.26 bits per heavy atom. The van der Waals surface area contributed by atoms with Gasteiger partial charge in [0, 0.05) is 19.2 Å². The summed E-state index contributed by atoms with van der Waals surface area (Å²) >= 11 is 0. The molecule has 8 nitrogen and oxygen atoms in total. The Hall–Kier alpha value is -3.29. The Morgan fingerprint density at radius 3 is 2.79 bits per heavy atom. The second kappa shape index (κ2) is 11.7. The maximum absolute atomic E-state index is 12.0. The Kier molecular flexibility index (Phi) is 8.73. The number of carbonyl (C=O) groups is 2. The lowest BCUT2D eigenvalue weighted by Crippen LogP contribution is -2.43. The number of carboxylic acid groups (broad SMARTS) is 1. The third-order valence-electron chi connectivity index (χ3n) is 5.49. The highest BCUT2D eigenvalue weighted by atomic mass is 16.5. The van der Waals surface area contributed by atoms with Crippen LogP contribution in [0.25, 0.3) is 0 Å². The molecule has 0 spiro atoms. The van der Waals surface area contributed by atoms with E-state index in [2.05, 4.69) is 15.6 Å². The first kappa shape index (κ1) is 25.3. The maximum Gasteiger partial charge on any atom is 0.407 e. The molecule has 34 heavy (non-hydrogen) atoms. The van der Waals surface area contributed by atoms with E-state index in [1.165, 1.54) is 0 Å². The van der Waals surface area contributed by atoms with Crippen LogP contribution >= 0.6 is 0 Å². The van der Waals surface area contributed by atoms with E-state index in [9.17, 15) is 14.7 Å². The van der Waals surface area contributed by atoms with Crippen molar-refractivity contribution in [3.05, 3.63) is 53.7 Å². The molecule has 0 aliphatic carbocycles. The summed E-state index contributed by atoms with van der Waals surface area (Å²) in [7, 11) is 0. The SMILES string of the molecule is CC(C)(C)COC(=O)NC(Cc1ccc2c(c1)CCC(CCCNc1ccccn1)O2)C(=O)O. The molecule has 0 saturated carbocycles. The van der Waals surface area contributed by atoms with E-state index in [0.717, 1.165) is 54.9 Å². The molecule has 3 rings (SSSR count). The molecule has 3 N–H and O–H groups in total. The van der Waals surface area contributed by atoms with Gasteiger partial charge < -0.3 is 25.2 Å². The molecule has 0 radical (unpaired) electrons. The molecule has 1 amide bonds. The van der Waals surface area contributed by atoms with Crippen molar-refractivity contribution < 1.29 is 24.2 Å². The van der Waals surface area contributed by atoms with Crippen molar-refractivity contribution in [2.45, 2.75) is 65.0 Å². The van der Waals surface area contributed by atoms with Crippen LogP contribution in [0.2, 0.25) is 0 Å². The Morgan fingerprint density at radius 2 is 2.09 bits per heavy atom. The number of amides is 1. The molecule has 2 heterocycles. The predicted octanol–water partition coefficient (Wildman–Crippen LogP) is 4.44. The molecule has 1 aliphatic heterocycles. The maximum atomic E-state index is 12.0. The summed E-state index contributed by atoms with van der Waals surface area (Å²) in [5, 5.41) is 15.3. The fourth-order valence-electron chi connectivity index (χ4n) is 3.74. The smallest absolute Gasteiger partial charge is 0.407 e. The number of aryl methyl sites for hydroxylation is 1. The van der Waals surface area contributed by atoms with Gasteiger partial charge in [-0.25, -0.2) is 14.6 Å². The van der Waals surface area contributed by atoms with Gasteiger partial charge in [0.25, 0.3) is 0 Å². The van der Waals surface area contributed by atoms with Crippen LogP contribution in [0, 0.1) is 5.41 Å². The molecule has 0 fully saturated rings. The molecule has 8 heteroatoms. The minimum absolute atomic E-state index is 0.162. The first-order chi connectivity index (χ1) is 16.2. The molecular formula is C26H35N3O5. The molecule has 0 saturated heterocycles. The molecule has 1 aromatic heterocycles. The van der Waals surface area contributed by atoms with Gasteiger partial charge >= 0.3 is 12.1 Å².